The molecular formula is C9H19NO. The van der Waals surface area contributed by atoms with E-state index in [2.05, 4.69) is 13.8 Å². The fourth-order valence-electron chi connectivity index (χ4n) is 1.92. The Bertz CT molecular complexity index is 117. The van der Waals surface area contributed by atoms with Crippen LogP contribution in [0.1, 0.15) is 26.7 Å². The molecule has 66 valence electrons. The molecule has 1 heterocycles. The Morgan fingerprint density at radius 3 is 2.64 bits per heavy atom. The summed E-state index contributed by atoms with van der Waals surface area (Å²) >= 11 is 0. The summed E-state index contributed by atoms with van der Waals surface area (Å²) in [4.78, 5) is 0. The third-order valence-electron chi connectivity index (χ3n) is 2.46. The highest BCUT2D eigenvalue weighted by Crippen LogP contribution is 2.33. The fraction of sp³-hybridized carbons (Fsp3) is 1.00. The number of rotatable bonds is 3. The van der Waals surface area contributed by atoms with Gasteiger partial charge in [0, 0.05) is 18.6 Å². The van der Waals surface area contributed by atoms with Gasteiger partial charge in [0.1, 0.15) is 0 Å². The van der Waals surface area contributed by atoms with Crippen LogP contribution in [-0.2, 0) is 4.74 Å². The topological polar surface area (TPSA) is 35.2 Å². The summed E-state index contributed by atoms with van der Waals surface area (Å²) in [5.41, 5.74) is 6.05. The van der Waals surface area contributed by atoms with Crippen LogP contribution in [0.15, 0.2) is 0 Å². The number of nitrogens with two attached hydrogens (primary N) is 1. The Labute approximate surface area is 69.1 Å². The third kappa shape index (κ3) is 2.17. The van der Waals surface area contributed by atoms with Crippen molar-refractivity contribution in [2.75, 3.05) is 19.8 Å². The van der Waals surface area contributed by atoms with Crippen LogP contribution < -0.4 is 5.73 Å². The van der Waals surface area contributed by atoms with Gasteiger partial charge in [-0.1, -0.05) is 13.8 Å². The molecule has 0 saturated carbocycles. The molecule has 1 aliphatic heterocycles. The first-order chi connectivity index (χ1) is 5.18. The van der Waals surface area contributed by atoms with E-state index in [0.717, 1.165) is 32.1 Å². The molecule has 0 aromatic heterocycles. The van der Waals surface area contributed by atoms with Gasteiger partial charge in [-0.2, -0.15) is 0 Å². The normalized spacial score (nSPS) is 31.6. The fourth-order valence-corrected chi connectivity index (χ4v) is 1.92. The molecule has 1 fully saturated rings. The quantitative estimate of drug-likeness (QED) is 0.672. The lowest BCUT2D eigenvalue weighted by atomic mass is 9.80. The second-order valence-electron chi connectivity index (χ2n) is 4.10. The van der Waals surface area contributed by atoms with Crippen LogP contribution >= 0.6 is 0 Å². The van der Waals surface area contributed by atoms with E-state index < -0.39 is 0 Å². The van der Waals surface area contributed by atoms with Gasteiger partial charge < -0.3 is 10.5 Å². The number of ether oxygens (including phenoxy) is 1. The second-order valence-corrected chi connectivity index (χ2v) is 4.10. The molecule has 0 radical (unpaired) electrons. The molecule has 1 rings (SSSR count). The van der Waals surface area contributed by atoms with Crippen molar-refractivity contribution in [2.45, 2.75) is 26.7 Å². The van der Waals surface area contributed by atoms with E-state index >= 15 is 0 Å². The van der Waals surface area contributed by atoms with E-state index in [0.29, 0.717) is 5.41 Å². The van der Waals surface area contributed by atoms with E-state index in [4.69, 9.17) is 10.5 Å². The van der Waals surface area contributed by atoms with Gasteiger partial charge in [-0.25, -0.2) is 0 Å². The van der Waals surface area contributed by atoms with E-state index in [1.54, 1.807) is 0 Å². The predicted octanol–water partition coefficient (Wildman–Crippen LogP) is 1.40. The summed E-state index contributed by atoms with van der Waals surface area (Å²) in [6.07, 6.45) is 2.37. The van der Waals surface area contributed by atoms with E-state index in [-0.39, 0.29) is 0 Å². The molecule has 11 heavy (non-hydrogen) atoms. The van der Waals surface area contributed by atoms with Crippen molar-refractivity contribution in [3.8, 4) is 0 Å². The molecule has 1 aliphatic rings. The lowest BCUT2D eigenvalue weighted by molar-refractivity contribution is 0.141. The Kier molecular flexibility index (Phi) is 2.90. The Morgan fingerprint density at radius 2 is 2.27 bits per heavy atom. The molecule has 0 spiro atoms. The largest absolute Gasteiger partial charge is 0.381 e. The van der Waals surface area contributed by atoms with Crippen molar-refractivity contribution in [1.29, 1.82) is 0 Å². The van der Waals surface area contributed by atoms with Crippen molar-refractivity contribution < 1.29 is 4.74 Å². The number of hydrogen-bond acceptors (Lipinski definition) is 2. The Balaban J connectivity index is 2.45. The molecule has 0 aromatic carbocycles. The van der Waals surface area contributed by atoms with Crippen LogP contribution in [0.3, 0.4) is 0 Å². The molecule has 2 nitrogen and oxygen atoms in total. The van der Waals surface area contributed by atoms with Crippen LogP contribution in [-0.4, -0.2) is 19.8 Å². The smallest absolute Gasteiger partial charge is 0.0535 e. The predicted molar refractivity (Wildman–Crippen MR) is 46.4 cm³/mol. The van der Waals surface area contributed by atoms with Gasteiger partial charge in [0.2, 0.25) is 0 Å². The maximum atomic E-state index is 5.74. The minimum absolute atomic E-state index is 0.314. The molecule has 1 unspecified atom stereocenters. The van der Waals surface area contributed by atoms with Crippen molar-refractivity contribution in [1.82, 2.24) is 0 Å². The van der Waals surface area contributed by atoms with Crippen molar-refractivity contribution >= 4 is 0 Å². The van der Waals surface area contributed by atoms with Crippen LogP contribution in [0.25, 0.3) is 0 Å². The van der Waals surface area contributed by atoms with Crippen LogP contribution in [0, 0.1) is 11.3 Å². The van der Waals surface area contributed by atoms with Gasteiger partial charge in [0.25, 0.3) is 0 Å². The highest BCUT2D eigenvalue weighted by Gasteiger charge is 2.33. The summed E-state index contributed by atoms with van der Waals surface area (Å²) in [5, 5.41) is 0. The van der Waals surface area contributed by atoms with E-state index in [9.17, 15) is 0 Å². The molecule has 1 atom stereocenters. The molecule has 0 aliphatic carbocycles. The average molecular weight is 157 g/mol. The van der Waals surface area contributed by atoms with Gasteiger partial charge in [-0.05, 0) is 18.8 Å². The molecule has 1 saturated heterocycles. The van der Waals surface area contributed by atoms with Gasteiger partial charge >= 0.3 is 0 Å². The van der Waals surface area contributed by atoms with Gasteiger partial charge in [0.05, 0.1) is 6.61 Å². The molecule has 0 aromatic rings. The van der Waals surface area contributed by atoms with Crippen molar-refractivity contribution in [3.05, 3.63) is 0 Å². The van der Waals surface area contributed by atoms with Crippen molar-refractivity contribution in [2.24, 2.45) is 17.1 Å². The number of hydrogen-bond donors (Lipinski definition) is 1. The van der Waals surface area contributed by atoms with Gasteiger partial charge in [-0.15, -0.1) is 0 Å². The standard InChI is InChI=1S/C9H19NO/c1-8(2)5-9(6-10)3-4-11-7-9/h8H,3-7,10H2,1-2H3. The van der Waals surface area contributed by atoms with E-state index in [1.165, 1.54) is 6.42 Å². The average Bonchev–Trinajstić information content (AvgIpc) is 2.36. The molecule has 2 heteroatoms. The highest BCUT2D eigenvalue weighted by molar-refractivity contribution is 4.84. The third-order valence-corrected chi connectivity index (χ3v) is 2.46. The molecule has 0 bridgehead atoms. The minimum Gasteiger partial charge on any atom is -0.381 e. The first kappa shape index (κ1) is 9.01. The maximum absolute atomic E-state index is 5.74. The zero-order valence-corrected chi connectivity index (χ0v) is 7.60. The summed E-state index contributed by atoms with van der Waals surface area (Å²) in [7, 11) is 0. The van der Waals surface area contributed by atoms with Gasteiger partial charge in [-0.3, -0.25) is 0 Å². The van der Waals surface area contributed by atoms with Crippen LogP contribution in [0.2, 0.25) is 0 Å². The highest BCUT2D eigenvalue weighted by atomic mass is 16.5. The monoisotopic (exact) mass is 157 g/mol. The zero-order valence-electron chi connectivity index (χ0n) is 7.60. The zero-order chi connectivity index (χ0) is 8.32. The summed E-state index contributed by atoms with van der Waals surface area (Å²) in [6, 6.07) is 0. The first-order valence-corrected chi connectivity index (χ1v) is 4.46. The maximum Gasteiger partial charge on any atom is 0.0535 e. The lowest BCUT2D eigenvalue weighted by Gasteiger charge is -2.27. The van der Waals surface area contributed by atoms with Gasteiger partial charge in [0.15, 0.2) is 0 Å². The van der Waals surface area contributed by atoms with E-state index in [1.807, 2.05) is 0 Å². The molecular weight excluding hydrogens is 138 g/mol. The Morgan fingerprint density at radius 1 is 1.55 bits per heavy atom. The molecule has 0 amide bonds. The summed E-state index contributed by atoms with van der Waals surface area (Å²) in [5.74, 6) is 0.736. The summed E-state index contributed by atoms with van der Waals surface area (Å²) in [6.45, 7) is 7.06. The minimum atomic E-state index is 0.314. The first-order valence-electron chi connectivity index (χ1n) is 4.46. The SMILES string of the molecule is CC(C)CC1(CN)CCOC1. The molecule has 2 N–H and O–H groups in total. The Hall–Kier alpha value is -0.0800. The summed E-state index contributed by atoms with van der Waals surface area (Å²) < 4.78 is 5.37. The van der Waals surface area contributed by atoms with Crippen molar-refractivity contribution in [3.63, 3.8) is 0 Å². The lowest BCUT2D eigenvalue weighted by Crippen LogP contribution is -2.32. The second kappa shape index (κ2) is 3.55. The van der Waals surface area contributed by atoms with Crippen LogP contribution in [0.5, 0.6) is 0 Å². The van der Waals surface area contributed by atoms with Crippen LogP contribution in [0.4, 0.5) is 0 Å².